The summed E-state index contributed by atoms with van der Waals surface area (Å²) in [6.07, 6.45) is 2.83. The Bertz CT molecular complexity index is 624. The van der Waals surface area contributed by atoms with Crippen LogP contribution in [0.15, 0.2) is 60.7 Å². The molecule has 140 valence electrons. The van der Waals surface area contributed by atoms with Crippen LogP contribution in [0.5, 0.6) is 0 Å². The van der Waals surface area contributed by atoms with E-state index in [1.807, 2.05) is 43.3 Å². The second-order valence-electron chi connectivity index (χ2n) is 6.62. The highest BCUT2D eigenvalue weighted by atomic mass is 16.5. The highest BCUT2D eigenvalue weighted by Crippen LogP contribution is 2.17. The molecule has 0 aliphatic rings. The molecule has 0 spiro atoms. The van der Waals surface area contributed by atoms with Crippen LogP contribution in [-0.2, 0) is 27.5 Å². The molecule has 0 saturated heterocycles. The Morgan fingerprint density at radius 2 is 1.42 bits per heavy atom. The monoisotopic (exact) mass is 354 g/mol. The van der Waals surface area contributed by atoms with E-state index in [1.54, 1.807) is 0 Å². The largest absolute Gasteiger partial charge is 0.371 e. The molecule has 2 aromatic rings. The lowest BCUT2D eigenvalue weighted by Gasteiger charge is -2.25. The molecular formula is C23H30O3. The van der Waals surface area contributed by atoms with E-state index in [0.717, 1.165) is 24.0 Å². The first-order valence-corrected chi connectivity index (χ1v) is 9.51. The highest BCUT2D eigenvalue weighted by Gasteiger charge is 2.19. The van der Waals surface area contributed by atoms with Gasteiger partial charge in [0.25, 0.3) is 0 Å². The minimum atomic E-state index is -0.0318. The summed E-state index contributed by atoms with van der Waals surface area (Å²) in [5.74, 6) is 0.310. The van der Waals surface area contributed by atoms with Crippen molar-refractivity contribution < 1.29 is 14.3 Å². The first-order valence-electron chi connectivity index (χ1n) is 9.51. The van der Waals surface area contributed by atoms with Gasteiger partial charge in [0.1, 0.15) is 5.78 Å². The van der Waals surface area contributed by atoms with Crippen LogP contribution in [0, 0.1) is 0 Å². The van der Waals surface area contributed by atoms with Gasteiger partial charge in [0.15, 0.2) is 0 Å². The van der Waals surface area contributed by atoms with E-state index in [4.69, 9.17) is 9.47 Å². The number of Topliss-reactive ketones (excluding diaryl/α,β-unsaturated/α-hetero) is 1. The molecule has 3 nitrogen and oxygen atoms in total. The van der Waals surface area contributed by atoms with Crippen molar-refractivity contribution in [3.8, 4) is 0 Å². The third kappa shape index (κ3) is 7.51. The van der Waals surface area contributed by atoms with Crippen molar-refractivity contribution in [2.75, 3.05) is 0 Å². The van der Waals surface area contributed by atoms with Crippen LogP contribution in [0.25, 0.3) is 0 Å². The maximum atomic E-state index is 11.6. The molecular weight excluding hydrogens is 324 g/mol. The minimum absolute atomic E-state index is 0.0245. The van der Waals surface area contributed by atoms with Gasteiger partial charge in [0.05, 0.1) is 25.4 Å². The summed E-state index contributed by atoms with van der Waals surface area (Å²) >= 11 is 0. The van der Waals surface area contributed by atoms with Crippen LogP contribution in [0.2, 0.25) is 0 Å². The number of carbonyl (C=O) groups is 1. The molecule has 0 N–H and O–H groups in total. The Hall–Kier alpha value is -1.97. The Balaban J connectivity index is 1.88. The number of benzene rings is 2. The summed E-state index contributed by atoms with van der Waals surface area (Å²) in [5, 5.41) is 0. The molecule has 26 heavy (non-hydrogen) atoms. The van der Waals surface area contributed by atoms with Crippen LogP contribution in [-0.4, -0.2) is 18.0 Å². The first-order chi connectivity index (χ1) is 12.7. The van der Waals surface area contributed by atoms with Crippen molar-refractivity contribution in [2.24, 2.45) is 0 Å². The first kappa shape index (κ1) is 20.3. The lowest BCUT2D eigenvalue weighted by atomic mass is 10.0. The Kier molecular flexibility index (Phi) is 9.08. The maximum absolute atomic E-state index is 11.6. The number of ether oxygens (including phenoxy) is 2. The van der Waals surface area contributed by atoms with Gasteiger partial charge < -0.3 is 9.47 Å². The summed E-state index contributed by atoms with van der Waals surface area (Å²) in [5.41, 5.74) is 2.31. The summed E-state index contributed by atoms with van der Waals surface area (Å²) in [7, 11) is 0. The van der Waals surface area contributed by atoms with Crippen molar-refractivity contribution in [1.82, 2.24) is 0 Å². The predicted molar refractivity (Wildman–Crippen MR) is 105 cm³/mol. The molecule has 0 radical (unpaired) electrons. The molecule has 2 rings (SSSR count). The van der Waals surface area contributed by atoms with Crippen molar-refractivity contribution in [1.29, 1.82) is 0 Å². The number of ketones is 1. The second kappa shape index (κ2) is 11.6. The molecule has 0 aromatic heterocycles. The van der Waals surface area contributed by atoms with E-state index in [2.05, 4.69) is 31.2 Å². The summed E-state index contributed by atoms with van der Waals surface area (Å²) < 4.78 is 12.2. The Labute approximate surface area is 157 Å². The van der Waals surface area contributed by atoms with Crippen LogP contribution < -0.4 is 0 Å². The number of hydrogen-bond donors (Lipinski definition) is 0. The molecule has 3 heteroatoms. The average Bonchev–Trinajstić information content (AvgIpc) is 2.70. The molecule has 0 aliphatic carbocycles. The molecule has 0 heterocycles. The van der Waals surface area contributed by atoms with E-state index in [-0.39, 0.29) is 12.2 Å². The predicted octanol–water partition coefficient (Wildman–Crippen LogP) is 5.33. The van der Waals surface area contributed by atoms with Crippen molar-refractivity contribution in [3.05, 3.63) is 71.8 Å². The van der Waals surface area contributed by atoms with E-state index < -0.39 is 0 Å². The molecule has 0 bridgehead atoms. The lowest BCUT2D eigenvalue weighted by molar-refractivity contribution is -0.119. The number of carbonyl (C=O) groups excluding carboxylic acids is 1. The molecule has 2 atom stereocenters. The summed E-state index contributed by atoms with van der Waals surface area (Å²) in [6.45, 7) is 5.10. The molecule has 2 aromatic carbocycles. The van der Waals surface area contributed by atoms with Gasteiger partial charge in [-0.05, 0) is 30.9 Å². The van der Waals surface area contributed by atoms with Gasteiger partial charge in [-0.15, -0.1) is 0 Å². The standard InChI is InChI=1S/C23H30O3/c1-3-22(24)15-10-16-23(26-18-21-13-8-5-9-14-21)19(2)25-17-20-11-6-4-7-12-20/h4-9,11-14,19,23H,3,10,15-18H2,1-2H3/t19-,23-/m1/s1. The van der Waals surface area contributed by atoms with Crippen molar-refractivity contribution >= 4 is 5.78 Å². The second-order valence-corrected chi connectivity index (χ2v) is 6.62. The van der Waals surface area contributed by atoms with E-state index >= 15 is 0 Å². The summed E-state index contributed by atoms with van der Waals surface area (Å²) in [4.78, 5) is 11.6. The third-order valence-electron chi connectivity index (χ3n) is 4.52. The van der Waals surface area contributed by atoms with Crippen LogP contribution in [0.4, 0.5) is 0 Å². The number of rotatable bonds is 12. The van der Waals surface area contributed by atoms with E-state index in [9.17, 15) is 4.79 Å². The number of hydrogen-bond acceptors (Lipinski definition) is 3. The van der Waals surface area contributed by atoms with Gasteiger partial charge in [0.2, 0.25) is 0 Å². The van der Waals surface area contributed by atoms with Gasteiger partial charge in [-0.2, -0.15) is 0 Å². The summed E-state index contributed by atoms with van der Waals surface area (Å²) in [6, 6.07) is 20.3. The molecule has 0 unspecified atom stereocenters. The molecule has 0 aliphatic heterocycles. The van der Waals surface area contributed by atoms with Gasteiger partial charge in [0, 0.05) is 12.8 Å². The molecule has 0 saturated carbocycles. The van der Waals surface area contributed by atoms with E-state index in [0.29, 0.717) is 31.8 Å². The fraction of sp³-hybridized carbons (Fsp3) is 0.435. The topological polar surface area (TPSA) is 35.5 Å². The van der Waals surface area contributed by atoms with E-state index in [1.165, 1.54) is 0 Å². The van der Waals surface area contributed by atoms with Gasteiger partial charge in [-0.1, -0.05) is 67.6 Å². The highest BCUT2D eigenvalue weighted by molar-refractivity contribution is 5.77. The average molecular weight is 354 g/mol. The smallest absolute Gasteiger partial charge is 0.132 e. The normalized spacial score (nSPS) is 13.3. The van der Waals surface area contributed by atoms with Crippen LogP contribution in [0.1, 0.15) is 50.7 Å². The zero-order valence-corrected chi connectivity index (χ0v) is 15.9. The Morgan fingerprint density at radius 3 is 1.96 bits per heavy atom. The van der Waals surface area contributed by atoms with Crippen LogP contribution in [0.3, 0.4) is 0 Å². The fourth-order valence-electron chi connectivity index (χ4n) is 2.82. The van der Waals surface area contributed by atoms with Gasteiger partial charge in [-0.3, -0.25) is 4.79 Å². The van der Waals surface area contributed by atoms with Crippen molar-refractivity contribution in [2.45, 2.75) is 65.0 Å². The maximum Gasteiger partial charge on any atom is 0.132 e. The lowest BCUT2D eigenvalue weighted by Crippen LogP contribution is -2.29. The zero-order valence-electron chi connectivity index (χ0n) is 15.9. The fourth-order valence-corrected chi connectivity index (χ4v) is 2.82. The SMILES string of the molecule is CCC(=O)CCC[C@@H](OCc1ccccc1)[C@@H](C)OCc1ccccc1. The molecule has 0 fully saturated rings. The third-order valence-corrected chi connectivity index (χ3v) is 4.52. The van der Waals surface area contributed by atoms with Gasteiger partial charge >= 0.3 is 0 Å². The van der Waals surface area contributed by atoms with Crippen molar-refractivity contribution in [3.63, 3.8) is 0 Å². The minimum Gasteiger partial charge on any atom is -0.371 e. The zero-order chi connectivity index (χ0) is 18.6. The quantitative estimate of drug-likeness (QED) is 0.517. The molecule has 0 amide bonds. The van der Waals surface area contributed by atoms with Gasteiger partial charge in [-0.25, -0.2) is 0 Å². The van der Waals surface area contributed by atoms with Crippen LogP contribution >= 0.6 is 0 Å². The Morgan fingerprint density at radius 1 is 0.885 bits per heavy atom.